The van der Waals surface area contributed by atoms with Crippen molar-refractivity contribution in [3.63, 3.8) is 0 Å². The van der Waals surface area contributed by atoms with Crippen LogP contribution in [0.3, 0.4) is 0 Å². The molecule has 6 heteroatoms. The number of carbonyl (C=O) groups excluding carboxylic acids is 1. The molecule has 2 aliphatic heterocycles. The van der Waals surface area contributed by atoms with Gasteiger partial charge in [0.15, 0.2) is 5.69 Å². The molecular weight excluding hydrogens is 290 g/mol. The predicted octanol–water partition coefficient (Wildman–Crippen LogP) is 1.15. The number of piperidine rings is 1. The maximum absolute atomic E-state index is 12.5. The monoisotopic (exact) mass is 319 g/mol. The smallest absolute Gasteiger partial charge is 0.272 e. The van der Waals surface area contributed by atoms with E-state index >= 15 is 0 Å². The molecule has 0 bridgehead atoms. The third-order valence-corrected chi connectivity index (χ3v) is 4.88. The van der Waals surface area contributed by atoms with Crippen molar-refractivity contribution < 1.29 is 4.79 Å². The van der Waals surface area contributed by atoms with Gasteiger partial charge in [0.25, 0.3) is 5.91 Å². The van der Waals surface area contributed by atoms with Crippen LogP contribution in [0, 0.1) is 11.8 Å². The van der Waals surface area contributed by atoms with Crippen molar-refractivity contribution in [2.75, 3.05) is 26.2 Å². The van der Waals surface area contributed by atoms with E-state index < -0.39 is 0 Å². The number of aromatic amines is 1. The Bertz CT molecular complexity index is 545. The summed E-state index contributed by atoms with van der Waals surface area (Å²) < 4.78 is 0. The van der Waals surface area contributed by atoms with Gasteiger partial charge in [0.05, 0.1) is 0 Å². The Kier molecular flexibility index (Phi) is 5.02. The molecule has 0 radical (unpaired) electrons. The molecule has 1 aromatic rings. The molecule has 0 aromatic carbocycles. The first-order valence-corrected chi connectivity index (χ1v) is 8.83. The molecule has 3 rings (SSSR count). The first-order valence-electron chi connectivity index (χ1n) is 8.83. The Hall–Kier alpha value is -1.40. The van der Waals surface area contributed by atoms with Crippen LogP contribution in [0.1, 0.15) is 48.9 Å². The zero-order valence-corrected chi connectivity index (χ0v) is 14.5. The van der Waals surface area contributed by atoms with Gasteiger partial charge >= 0.3 is 0 Å². The summed E-state index contributed by atoms with van der Waals surface area (Å²) in [6, 6.07) is 0.129. The number of amides is 1. The third kappa shape index (κ3) is 3.93. The van der Waals surface area contributed by atoms with Crippen LogP contribution in [0.4, 0.5) is 0 Å². The van der Waals surface area contributed by atoms with Crippen molar-refractivity contribution in [1.82, 2.24) is 25.7 Å². The van der Waals surface area contributed by atoms with Crippen molar-refractivity contribution in [1.29, 1.82) is 0 Å². The number of nitrogens with zero attached hydrogens (tertiary/aromatic N) is 2. The lowest BCUT2D eigenvalue weighted by Crippen LogP contribution is -2.47. The second-order valence-electron chi connectivity index (χ2n) is 7.50. The van der Waals surface area contributed by atoms with Gasteiger partial charge in [-0.15, -0.1) is 0 Å². The van der Waals surface area contributed by atoms with E-state index in [4.69, 9.17) is 0 Å². The molecule has 2 aliphatic rings. The van der Waals surface area contributed by atoms with Gasteiger partial charge in [0, 0.05) is 56.4 Å². The van der Waals surface area contributed by atoms with Crippen LogP contribution in [-0.4, -0.2) is 53.2 Å². The van der Waals surface area contributed by atoms with Crippen LogP contribution >= 0.6 is 0 Å². The Morgan fingerprint density at radius 3 is 2.87 bits per heavy atom. The molecule has 0 saturated carbocycles. The van der Waals surface area contributed by atoms with Crippen LogP contribution in [0.2, 0.25) is 0 Å². The van der Waals surface area contributed by atoms with Gasteiger partial charge in [0.1, 0.15) is 0 Å². The zero-order valence-electron chi connectivity index (χ0n) is 14.5. The van der Waals surface area contributed by atoms with E-state index in [2.05, 4.69) is 46.5 Å². The number of nitrogens with one attached hydrogen (secondary N) is 3. The van der Waals surface area contributed by atoms with Gasteiger partial charge in [-0.2, -0.15) is 5.10 Å². The largest absolute Gasteiger partial charge is 0.347 e. The fourth-order valence-corrected chi connectivity index (χ4v) is 4.08. The van der Waals surface area contributed by atoms with Crippen molar-refractivity contribution in [3.05, 3.63) is 17.0 Å². The first-order chi connectivity index (χ1) is 11.0. The summed E-state index contributed by atoms with van der Waals surface area (Å²) in [6.07, 6.45) is 2.22. The minimum absolute atomic E-state index is 0.0585. The Labute approximate surface area is 138 Å². The Morgan fingerprint density at radius 2 is 2.13 bits per heavy atom. The lowest BCUT2D eigenvalue weighted by Gasteiger charge is -2.36. The molecule has 1 fully saturated rings. The molecule has 0 aliphatic carbocycles. The fraction of sp³-hybridized carbons (Fsp3) is 0.765. The Balaban J connectivity index is 1.56. The molecule has 1 amide bonds. The number of hydrogen-bond donors (Lipinski definition) is 3. The summed E-state index contributed by atoms with van der Waals surface area (Å²) in [6.45, 7) is 11.6. The van der Waals surface area contributed by atoms with E-state index in [1.807, 2.05) is 0 Å². The van der Waals surface area contributed by atoms with Crippen molar-refractivity contribution in [3.8, 4) is 0 Å². The average Bonchev–Trinajstić information content (AvgIpc) is 2.89. The minimum atomic E-state index is -0.0585. The number of rotatable bonds is 4. The molecule has 1 saturated heterocycles. The highest BCUT2D eigenvalue weighted by molar-refractivity contribution is 5.94. The van der Waals surface area contributed by atoms with E-state index in [1.54, 1.807) is 0 Å². The quantitative estimate of drug-likeness (QED) is 0.778. The second-order valence-corrected chi connectivity index (χ2v) is 7.50. The number of hydrogen-bond acceptors (Lipinski definition) is 4. The van der Waals surface area contributed by atoms with Gasteiger partial charge < -0.3 is 15.5 Å². The Morgan fingerprint density at radius 1 is 1.39 bits per heavy atom. The van der Waals surface area contributed by atoms with Crippen LogP contribution in [-0.2, 0) is 13.0 Å². The van der Waals surface area contributed by atoms with Crippen molar-refractivity contribution in [2.45, 2.75) is 46.2 Å². The summed E-state index contributed by atoms with van der Waals surface area (Å²) >= 11 is 0. The molecule has 1 aromatic heterocycles. The third-order valence-electron chi connectivity index (χ3n) is 4.88. The summed E-state index contributed by atoms with van der Waals surface area (Å²) in [5.74, 6) is 1.42. The van der Waals surface area contributed by atoms with E-state index in [1.165, 1.54) is 6.42 Å². The SMILES string of the molecule is CC1CC(C)CN(CC(C)NC(=O)c2n[nH]c3c2CNCC3)C1. The first kappa shape index (κ1) is 16.5. The second kappa shape index (κ2) is 7.01. The molecule has 3 unspecified atom stereocenters. The van der Waals surface area contributed by atoms with Crippen LogP contribution in [0.25, 0.3) is 0 Å². The average molecular weight is 319 g/mol. The van der Waals surface area contributed by atoms with Gasteiger partial charge in [-0.05, 0) is 25.2 Å². The highest BCUT2D eigenvalue weighted by Gasteiger charge is 2.25. The molecular formula is C17H29N5O. The van der Waals surface area contributed by atoms with E-state index in [9.17, 15) is 4.79 Å². The van der Waals surface area contributed by atoms with Gasteiger partial charge in [-0.25, -0.2) is 0 Å². The molecule has 3 atom stereocenters. The minimum Gasteiger partial charge on any atom is -0.347 e. The van der Waals surface area contributed by atoms with E-state index in [0.717, 1.165) is 62.2 Å². The number of carbonyl (C=O) groups is 1. The summed E-state index contributed by atoms with van der Waals surface area (Å²) in [7, 11) is 0. The van der Waals surface area contributed by atoms with Gasteiger partial charge in [0.2, 0.25) is 0 Å². The van der Waals surface area contributed by atoms with Crippen molar-refractivity contribution >= 4 is 5.91 Å². The van der Waals surface area contributed by atoms with Crippen molar-refractivity contribution in [2.24, 2.45) is 11.8 Å². The molecule has 23 heavy (non-hydrogen) atoms. The van der Waals surface area contributed by atoms with Gasteiger partial charge in [-0.3, -0.25) is 9.89 Å². The molecule has 128 valence electrons. The maximum atomic E-state index is 12.5. The zero-order chi connectivity index (χ0) is 16.4. The normalized spacial score (nSPS) is 26.6. The van der Waals surface area contributed by atoms with Crippen LogP contribution in [0.15, 0.2) is 0 Å². The topological polar surface area (TPSA) is 73.0 Å². The highest BCUT2D eigenvalue weighted by atomic mass is 16.2. The van der Waals surface area contributed by atoms with Crippen LogP contribution in [0.5, 0.6) is 0 Å². The van der Waals surface area contributed by atoms with E-state index in [-0.39, 0.29) is 11.9 Å². The fourth-order valence-electron chi connectivity index (χ4n) is 4.08. The predicted molar refractivity (Wildman–Crippen MR) is 90.3 cm³/mol. The number of aromatic nitrogens is 2. The summed E-state index contributed by atoms with van der Waals surface area (Å²) in [4.78, 5) is 15.0. The van der Waals surface area contributed by atoms with Crippen LogP contribution < -0.4 is 10.6 Å². The summed E-state index contributed by atoms with van der Waals surface area (Å²) in [5.41, 5.74) is 2.68. The lowest BCUT2D eigenvalue weighted by atomic mass is 9.92. The number of fused-ring (bicyclic) bond motifs is 1. The molecule has 3 N–H and O–H groups in total. The molecule has 6 nitrogen and oxygen atoms in total. The lowest BCUT2D eigenvalue weighted by molar-refractivity contribution is 0.0899. The van der Waals surface area contributed by atoms with Gasteiger partial charge in [-0.1, -0.05) is 13.8 Å². The van der Waals surface area contributed by atoms with E-state index in [0.29, 0.717) is 5.69 Å². The standard InChI is InChI=1S/C17H29N5O/c1-11-6-12(2)9-22(8-11)10-13(3)19-17(23)16-14-7-18-5-4-15(14)20-21-16/h11-13,18H,4-10H2,1-3H3,(H,19,23)(H,20,21). The molecule has 3 heterocycles. The highest BCUT2D eigenvalue weighted by Crippen LogP contribution is 2.21. The number of likely N-dealkylation sites (tertiary alicyclic amines) is 1. The maximum Gasteiger partial charge on any atom is 0.272 e. The molecule has 0 spiro atoms. The number of H-pyrrole nitrogens is 1. The summed E-state index contributed by atoms with van der Waals surface area (Å²) in [5, 5.41) is 13.7.